The van der Waals surface area contributed by atoms with E-state index in [0.29, 0.717) is 5.75 Å². The summed E-state index contributed by atoms with van der Waals surface area (Å²) in [6, 6.07) is 25.4. The molecule has 196 valence electrons. The van der Waals surface area contributed by atoms with Crippen LogP contribution in [0.3, 0.4) is 0 Å². The third-order valence-electron chi connectivity index (χ3n) is 6.85. The molecule has 3 aromatic rings. The highest BCUT2D eigenvalue weighted by atomic mass is 32.2. The molecule has 5 rings (SSSR count). The number of β-lactam (4-membered cyclic amide) rings is 1. The van der Waals surface area contributed by atoms with E-state index in [2.05, 4.69) is 5.32 Å². The fourth-order valence-corrected chi connectivity index (χ4v) is 6.84. The predicted octanol–water partition coefficient (Wildman–Crippen LogP) is 2.96. The van der Waals surface area contributed by atoms with Crippen LogP contribution in [0, 0.1) is 0 Å². The normalized spacial score (nSPS) is 23.3. The third kappa shape index (κ3) is 4.69. The first-order valence-corrected chi connectivity index (χ1v) is 13.5. The highest BCUT2D eigenvalue weighted by molar-refractivity contribution is 7.87. The van der Waals surface area contributed by atoms with Crippen molar-refractivity contribution in [3.63, 3.8) is 0 Å². The first-order chi connectivity index (χ1) is 18.3. The summed E-state index contributed by atoms with van der Waals surface area (Å²) in [7, 11) is -1.63. The molecule has 0 spiro atoms. The summed E-state index contributed by atoms with van der Waals surface area (Å²) in [6.45, 7) is 3.06. The second-order valence-electron chi connectivity index (χ2n) is 9.72. The van der Waals surface area contributed by atoms with Crippen molar-refractivity contribution in [3.05, 3.63) is 102 Å². The minimum absolute atomic E-state index is 0.294. The van der Waals surface area contributed by atoms with E-state index in [1.165, 1.54) is 4.90 Å². The quantitative estimate of drug-likeness (QED) is 0.354. The Bertz CT molecular complexity index is 1310. The van der Waals surface area contributed by atoms with E-state index >= 15 is 0 Å². The fourth-order valence-electron chi connectivity index (χ4n) is 4.92. The molecule has 38 heavy (non-hydrogen) atoms. The number of nitrogens with zero attached hydrogens (tertiary/aromatic N) is 1. The second kappa shape index (κ2) is 10.4. The molecule has 0 bridgehead atoms. The topological polar surface area (TPSA) is 102 Å². The summed E-state index contributed by atoms with van der Waals surface area (Å²) >= 11 is 0. The Morgan fingerprint density at radius 1 is 0.921 bits per heavy atom. The lowest BCUT2D eigenvalue weighted by Crippen LogP contribution is -2.72. The summed E-state index contributed by atoms with van der Waals surface area (Å²) in [5.74, 6) is -1.11. The van der Waals surface area contributed by atoms with Gasteiger partial charge in [-0.1, -0.05) is 78.9 Å². The molecule has 8 nitrogen and oxygen atoms in total. The van der Waals surface area contributed by atoms with E-state index in [0.717, 1.165) is 11.1 Å². The zero-order valence-corrected chi connectivity index (χ0v) is 21.8. The van der Waals surface area contributed by atoms with Crippen molar-refractivity contribution in [3.8, 4) is 5.75 Å². The Morgan fingerprint density at radius 2 is 1.45 bits per heavy atom. The van der Waals surface area contributed by atoms with Crippen molar-refractivity contribution in [2.24, 2.45) is 0 Å². The smallest absolute Gasteiger partial charge is 0.331 e. The number of benzene rings is 3. The maximum absolute atomic E-state index is 13.6. The van der Waals surface area contributed by atoms with E-state index in [1.54, 1.807) is 38.1 Å². The van der Waals surface area contributed by atoms with E-state index < -0.39 is 56.9 Å². The van der Waals surface area contributed by atoms with E-state index in [4.69, 9.17) is 9.47 Å². The number of hydrogen-bond acceptors (Lipinski definition) is 6. The van der Waals surface area contributed by atoms with Crippen LogP contribution in [-0.4, -0.2) is 55.7 Å². The van der Waals surface area contributed by atoms with Crippen molar-refractivity contribution in [2.45, 2.75) is 42.2 Å². The minimum atomic E-state index is -1.63. The van der Waals surface area contributed by atoms with Gasteiger partial charge in [-0.2, -0.15) is 0 Å². The van der Waals surface area contributed by atoms with E-state index in [1.807, 2.05) is 66.7 Å². The first-order valence-electron chi connectivity index (χ1n) is 12.3. The molecule has 3 aromatic carbocycles. The molecule has 2 heterocycles. The molecule has 0 saturated carbocycles. The number of esters is 1. The Hall–Kier alpha value is -3.98. The van der Waals surface area contributed by atoms with Gasteiger partial charge >= 0.3 is 5.97 Å². The molecule has 9 heteroatoms. The van der Waals surface area contributed by atoms with Crippen LogP contribution < -0.4 is 10.1 Å². The lowest BCUT2D eigenvalue weighted by Gasteiger charge is -2.43. The Labute approximate surface area is 223 Å². The van der Waals surface area contributed by atoms with Crippen LogP contribution in [0.1, 0.15) is 31.1 Å². The molecular formula is C29H28N2O6S. The van der Waals surface area contributed by atoms with Crippen LogP contribution in [0.5, 0.6) is 5.75 Å². The van der Waals surface area contributed by atoms with Crippen LogP contribution in [0.25, 0.3) is 0 Å². The number of amides is 2. The van der Waals surface area contributed by atoms with Crippen molar-refractivity contribution in [1.82, 2.24) is 10.2 Å². The number of hydrogen-bond donors (Lipinski definition) is 1. The number of ether oxygens (including phenoxy) is 2. The number of carbonyl (C=O) groups excluding carboxylic acids is 3. The second-order valence-corrected chi connectivity index (χ2v) is 11.9. The molecule has 2 amide bonds. The number of fused-ring (bicyclic) bond motifs is 1. The standard InChI is InChI=1S/C29H28N2O6S/c1-29(2)25(28(34)37-24(19-12-6-3-7-13-19)20-14-8-4-9-15-20)31-26(33)23(27(31)38(29)35)30-22(32)18-36-21-16-10-5-11-17-21/h3-17,23-25,27H,18H2,1-2H3,(H,30,32)/t23-,25-,27+,38-/m0/s1. The highest BCUT2D eigenvalue weighted by Gasteiger charge is 2.68. The fraction of sp³-hybridized carbons (Fsp3) is 0.276. The van der Waals surface area contributed by atoms with Crippen molar-refractivity contribution in [2.75, 3.05) is 6.61 Å². The average molecular weight is 533 g/mol. The molecule has 2 fully saturated rings. The molecular weight excluding hydrogens is 504 g/mol. The predicted molar refractivity (Wildman–Crippen MR) is 141 cm³/mol. The van der Waals surface area contributed by atoms with Gasteiger partial charge in [0, 0.05) is 0 Å². The van der Waals surface area contributed by atoms with E-state index in [-0.39, 0.29) is 6.61 Å². The molecule has 2 aliphatic rings. The van der Waals surface area contributed by atoms with Gasteiger partial charge in [0.1, 0.15) is 23.2 Å². The van der Waals surface area contributed by atoms with Gasteiger partial charge in [-0.05, 0) is 37.1 Å². The average Bonchev–Trinajstić information content (AvgIpc) is 3.13. The molecule has 0 unspecified atom stereocenters. The van der Waals surface area contributed by atoms with Gasteiger partial charge in [-0.25, -0.2) is 4.79 Å². The summed E-state index contributed by atoms with van der Waals surface area (Å²) in [5.41, 5.74) is 1.55. The highest BCUT2D eigenvalue weighted by Crippen LogP contribution is 2.44. The van der Waals surface area contributed by atoms with Gasteiger partial charge in [0.15, 0.2) is 12.7 Å². The monoisotopic (exact) mass is 532 g/mol. The molecule has 0 aromatic heterocycles. The van der Waals surface area contributed by atoms with Crippen LogP contribution in [-0.2, 0) is 29.9 Å². The van der Waals surface area contributed by atoms with Gasteiger partial charge in [-0.15, -0.1) is 0 Å². The van der Waals surface area contributed by atoms with Gasteiger partial charge < -0.3 is 19.7 Å². The number of para-hydroxylation sites is 1. The zero-order valence-electron chi connectivity index (χ0n) is 21.0. The summed E-state index contributed by atoms with van der Waals surface area (Å²) in [4.78, 5) is 40.6. The number of carbonyl (C=O) groups is 3. The summed E-state index contributed by atoms with van der Waals surface area (Å²) < 4.78 is 23.9. The maximum Gasteiger partial charge on any atom is 0.331 e. The van der Waals surface area contributed by atoms with Crippen LogP contribution in [0.15, 0.2) is 91.0 Å². The van der Waals surface area contributed by atoms with E-state index in [9.17, 15) is 18.6 Å². The number of nitrogens with one attached hydrogen (secondary N) is 1. The summed E-state index contributed by atoms with van der Waals surface area (Å²) in [6.07, 6.45) is -0.699. The molecule has 0 radical (unpaired) electrons. The van der Waals surface area contributed by atoms with Gasteiger partial charge in [0.2, 0.25) is 5.91 Å². The molecule has 4 atom stereocenters. The van der Waals surface area contributed by atoms with Crippen molar-refractivity contribution >= 4 is 28.6 Å². The van der Waals surface area contributed by atoms with Crippen LogP contribution in [0.2, 0.25) is 0 Å². The third-order valence-corrected chi connectivity index (χ3v) is 9.04. The molecule has 2 saturated heterocycles. The lowest BCUT2D eigenvalue weighted by atomic mass is 9.95. The lowest BCUT2D eigenvalue weighted by molar-refractivity contribution is -0.166. The van der Waals surface area contributed by atoms with Gasteiger partial charge in [0.05, 0.1) is 15.5 Å². The molecule has 0 aliphatic carbocycles. The molecule has 2 aliphatic heterocycles. The Kier molecular flexibility index (Phi) is 7.03. The van der Waals surface area contributed by atoms with Crippen molar-refractivity contribution in [1.29, 1.82) is 0 Å². The SMILES string of the molecule is CC1(C)[C@H](C(=O)OC(c2ccccc2)c2ccccc2)N2C(=O)[C@H](NC(=O)COc3ccccc3)[C@H]2[S@@]1=O. The first kappa shape index (κ1) is 25.7. The molecule has 1 N–H and O–H groups in total. The van der Waals surface area contributed by atoms with Gasteiger partial charge in [-0.3, -0.25) is 13.8 Å². The minimum Gasteiger partial charge on any atom is -0.484 e. The Morgan fingerprint density at radius 3 is 2.00 bits per heavy atom. The largest absolute Gasteiger partial charge is 0.484 e. The van der Waals surface area contributed by atoms with Gasteiger partial charge in [0.25, 0.3) is 5.91 Å². The van der Waals surface area contributed by atoms with Crippen molar-refractivity contribution < 1.29 is 28.1 Å². The maximum atomic E-state index is 13.6. The Balaban J connectivity index is 1.32. The number of rotatable bonds is 8. The van der Waals surface area contributed by atoms with Crippen LogP contribution in [0.4, 0.5) is 0 Å². The zero-order chi connectivity index (χ0) is 26.9. The van der Waals surface area contributed by atoms with Crippen LogP contribution >= 0.6 is 0 Å². The summed E-state index contributed by atoms with van der Waals surface area (Å²) in [5, 5.41) is 1.80.